The molecular weight excluding hydrogens is 502 g/mol. The zero-order valence-electron chi connectivity index (χ0n) is 20.7. The summed E-state index contributed by atoms with van der Waals surface area (Å²) in [7, 11) is 0. The van der Waals surface area contributed by atoms with Crippen LogP contribution in [-0.2, 0) is 16.1 Å². The summed E-state index contributed by atoms with van der Waals surface area (Å²) in [6.07, 6.45) is 3.92. The first-order chi connectivity index (χ1) is 16.8. The highest BCUT2D eigenvalue weighted by atomic mass is 79.9. The third kappa shape index (κ3) is 4.73. The number of nitrogens with zero attached hydrogens (tertiary/aromatic N) is 1. The first kappa shape index (κ1) is 24.3. The quantitative estimate of drug-likeness (QED) is 0.377. The Balaban J connectivity index is 1.56. The van der Waals surface area contributed by atoms with Crippen molar-refractivity contribution in [3.8, 4) is 5.75 Å². The molecule has 4 nitrogen and oxygen atoms in total. The second kappa shape index (κ2) is 9.94. The molecule has 1 fully saturated rings. The first-order valence-electron chi connectivity index (χ1n) is 12.8. The van der Waals surface area contributed by atoms with Crippen molar-refractivity contribution >= 4 is 32.7 Å². The van der Waals surface area contributed by atoms with Crippen molar-refractivity contribution < 1.29 is 14.7 Å². The molecule has 2 aliphatic rings. The lowest BCUT2D eigenvalue weighted by molar-refractivity contribution is -0.210. The molecule has 1 saturated carbocycles. The summed E-state index contributed by atoms with van der Waals surface area (Å²) in [6.45, 7) is 7.26. The van der Waals surface area contributed by atoms with Crippen molar-refractivity contribution in [1.29, 1.82) is 0 Å². The third-order valence-electron chi connectivity index (χ3n) is 8.05. The van der Waals surface area contributed by atoms with E-state index in [1.54, 1.807) is 6.07 Å². The molecule has 0 amide bonds. The van der Waals surface area contributed by atoms with Crippen molar-refractivity contribution in [2.75, 3.05) is 6.54 Å². The largest absolute Gasteiger partial charge is 0.508 e. The molecule has 5 rings (SSSR count). The maximum Gasteiger partial charge on any atom is 0.328 e. The second-order valence-corrected chi connectivity index (χ2v) is 11.6. The van der Waals surface area contributed by atoms with E-state index in [0.717, 1.165) is 45.6 Å². The summed E-state index contributed by atoms with van der Waals surface area (Å²) >= 11 is 3.57. The van der Waals surface area contributed by atoms with E-state index in [-0.39, 0.29) is 23.7 Å². The third-order valence-corrected chi connectivity index (χ3v) is 8.54. The van der Waals surface area contributed by atoms with E-state index in [9.17, 15) is 9.90 Å². The van der Waals surface area contributed by atoms with Crippen LogP contribution in [0.5, 0.6) is 5.75 Å². The molecule has 0 bridgehead atoms. The van der Waals surface area contributed by atoms with Gasteiger partial charge in [-0.2, -0.15) is 0 Å². The molecule has 1 aliphatic heterocycles. The van der Waals surface area contributed by atoms with Gasteiger partial charge in [0, 0.05) is 16.6 Å². The Bertz CT molecular complexity index is 1240. The number of benzene rings is 3. The lowest BCUT2D eigenvalue weighted by Crippen LogP contribution is -2.42. The Morgan fingerprint density at radius 2 is 1.91 bits per heavy atom. The van der Waals surface area contributed by atoms with Gasteiger partial charge in [-0.3, -0.25) is 4.79 Å². The molecule has 3 aromatic carbocycles. The lowest BCUT2D eigenvalue weighted by Gasteiger charge is -2.40. The van der Waals surface area contributed by atoms with Crippen LogP contribution in [0.1, 0.15) is 62.8 Å². The predicted octanol–water partition coefficient (Wildman–Crippen LogP) is 7.42. The summed E-state index contributed by atoms with van der Waals surface area (Å²) in [5.41, 5.74) is 3.09. The number of halogens is 1. The number of phenolic OH excluding ortho intramolecular Hbond substituents is 1. The van der Waals surface area contributed by atoms with E-state index in [4.69, 9.17) is 4.84 Å². The van der Waals surface area contributed by atoms with Gasteiger partial charge in [-0.05, 0) is 77.1 Å². The fourth-order valence-corrected chi connectivity index (χ4v) is 6.58. The zero-order chi connectivity index (χ0) is 24.7. The Morgan fingerprint density at radius 1 is 1.11 bits per heavy atom. The number of carbonyl (C=O) groups excluding carboxylic acids is 1. The van der Waals surface area contributed by atoms with Gasteiger partial charge < -0.3 is 9.94 Å². The van der Waals surface area contributed by atoms with Gasteiger partial charge in [0.15, 0.2) is 0 Å². The molecule has 35 heavy (non-hydrogen) atoms. The van der Waals surface area contributed by atoms with Gasteiger partial charge in [0.1, 0.15) is 11.8 Å². The molecule has 1 heterocycles. The summed E-state index contributed by atoms with van der Waals surface area (Å²) in [5, 5.41) is 14.9. The fraction of sp³-hybridized carbons (Fsp3) is 0.433. The summed E-state index contributed by atoms with van der Waals surface area (Å²) in [6, 6.07) is 17.7. The van der Waals surface area contributed by atoms with Gasteiger partial charge in [0.2, 0.25) is 0 Å². The predicted molar refractivity (Wildman–Crippen MR) is 143 cm³/mol. The summed E-state index contributed by atoms with van der Waals surface area (Å²) in [4.78, 5) is 20.0. The van der Waals surface area contributed by atoms with E-state index >= 15 is 0 Å². The number of hydroxylamine groups is 2. The van der Waals surface area contributed by atoms with Crippen molar-refractivity contribution in [3.05, 3.63) is 75.8 Å². The lowest BCUT2D eigenvalue weighted by atomic mass is 9.70. The van der Waals surface area contributed by atoms with Crippen LogP contribution >= 0.6 is 15.9 Å². The average molecular weight is 537 g/mol. The minimum absolute atomic E-state index is 0.0892. The van der Waals surface area contributed by atoms with E-state index in [1.807, 2.05) is 35.4 Å². The highest BCUT2D eigenvalue weighted by Crippen LogP contribution is 2.44. The number of carbonyl (C=O) groups is 1. The smallest absolute Gasteiger partial charge is 0.328 e. The number of fused-ring (bicyclic) bond motifs is 2. The second-order valence-electron chi connectivity index (χ2n) is 10.7. The number of hydrogen-bond acceptors (Lipinski definition) is 4. The van der Waals surface area contributed by atoms with Crippen LogP contribution in [0.25, 0.3) is 10.8 Å². The van der Waals surface area contributed by atoms with Crippen molar-refractivity contribution in [2.24, 2.45) is 23.7 Å². The van der Waals surface area contributed by atoms with Crippen LogP contribution in [0.2, 0.25) is 0 Å². The molecule has 0 spiro atoms. The fourth-order valence-electron chi connectivity index (χ4n) is 6.20. The Hall–Kier alpha value is -2.37. The van der Waals surface area contributed by atoms with Crippen molar-refractivity contribution in [1.82, 2.24) is 5.06 Å². The summed E-state index contributed by atoms with van der Waals surface area (Å²) < 4.78 is 0.986. The van der Waals surface area contributed by atoms with Crippen LogP contribution in [0.3, 0.4) is 0 Å². The van der Waals surface area contributed by atoms with E-state index in [2.05, 4.69) is 54.9 Å². The van der Waals surface area contributed by atoms with Crippen LogP contribution in [-0.4, -0.2) is 22.7 Å². The molecular formula is C30H34BrNO3. The minimum Gasteiger partial charge on any atom is -0.508 e. The maximum absolute atomic E-state index is 13.7. The van der Waals surface area contributed by atoms with Crippen LogP contribution in [0, 0.1) is 23.7 Å². The molecule has 2 unspecified atom stereocenters. The molecule has 0 saturated heterocycles. The van der Waals surface area contributed by atoms with E-state index < -0.39 is 0 Å². The highest BCUT2D eigenvalue weighted by Gasteiger charge is 2.40. The van der Waals surface area contributed by atoms with Gasteiger partial charge in [0.05, 0.1) is 5.92 Å². The number of aromatic hydroxyl groups is 1. The Morgan fingerprint density at radius 3 is 2.71 bits per heavy atom. The number of rotatable bonds is 4. The Kier molecular flexibility index (Phi) is 6.91. The van der Waals surface area contributed by atoms with Gasteiger partial charge >= 0.3 is 5.97 Å². The minimum atomic E-state index is -0.368. The number of phenols is 1. The first-order valence-corrected chi connectivity index (χ1v) is 13.6. The monoisotopic (exact) mass is 535 g/mol. The normalized spacial score (nSPS) is 24.9. The molecule has 1 N–H and O–H groups in total. The van der Waals surface area contributed by atoms with Crippen molar-refractivity contribution in [2.45, 2.75) is 52.5 Å². The van der Waals surface area contributed by atoms with E-state index in [1.165, 1.54) is 12.0 Å². The maximum atomic E-state index is 13.7. The van der Waals surface area contributed by atoms with E-state index in [0.29, 0.717) is 24.3 Å². The SMILES string of the molecule is CC(C)[C@@H]1CC[C@@H](C)CC1C(=O)ON1CCc2ccccc2C1c1c(O)ccc2cc(Br)ccc12. The molecule has 0 radical (unpaired) electrons. The molecule has 184 valence electrons. The molecule has 5 heteroatoms. The van der Waals surface area contributed by atoms with Crippen LogP contribution in [0.15, 0.2) is 59.1 Å². The van der Waals surface area contributed by atoms with Gasteiger partial charge in [-0.1, -0.05) is 79.5 Å². The number of hydrogen-bond donors (Lipinski definition) is 1. The van der Waals surface area contributed by atoms with Gasteiger partial charge in [-0.25, -0.2) is 0 Å². The Labute approximate surface area is 216 Å². The molecule has 1 aliphatic carbocycles. The standard InChI is InChI=1S/C30H34BrNO3/c1-18(2)23-11-8-19(3)16-26(23)30(34)35-32-15-14-20-6-4-5-7-25(20)29(32)28-24-12-10-22(31)17-21(24)9-13-27(28)33/h4-7,9-10,12-13,17-19,23,26,29,33H,8,11,14-16H2,1-3H3/t19-,23+,26?,29?/m1/s1. The van der Waals surface area contributed by atoms with Gasteiger partial charge in [0.25, 0.3) is 0 Å². The van der Waals surface area contributed by atoms with Crippen LogP contribution < -0.4 is 0 Å². The summed E-state index contributed by atoms with van der Waals surface area (Å²) in [5.74, 6) is 1.32. The van der Waals surface area contributed by atoms with Gasteiger partial charge in [-0.15, -0.1) is 5.06 Å². The molecule has 4 atom stereocenters. The highest BCUT2D eigenvalue weighted by molar-refractivity contribution is 9.10. The molecule has 3 aromatic rings. The van der Waals surface area contributed by atoms with Crippen molar-refractivity contribution in [3.63, 3.8) is 0 Å². The topological polar surface area (TPSA) is 49.8 Å². The molecule has 0 aromatic heterocycles. The zero-order valence-corrected chi connectivity index (χ0v) is 22.3. The average Bonchev–Trinajstić information content (AvgIpc) is 2.84. The van der Waals surface area contributed by atoms with Crippen LogP contribution in [0.4, 0.5) is 0 Å².